The third-order valence-corrected chi connectivity index (χ3v) is 4.46. The molecule has 0 spiro atoms. The van der Waals surface area contributed by atoms with Crippen LogP contribution in [0.2, 0.25) is 0 Å². The number of carbonyl (C=O) groups excluding carboxylic acids is 2. The van der Waals surface area contributed by atoms with Crippen LogP contribution in [0, 0.1) is 0 Å². The summed E-state index contributed by atoms with van der Waals surface area (Å²) in [7, 11) is 1.68. The molecule has 1 fully saturated rings. The molecule has 0 bridgehead atoms. The average Bonchev–Trinajstić information content (AvgIpc) is 2.67. The van der Waals surface area contributed by atoms with E-state index in [1.165, 1.54) is 4.90 Å². The minimum atomic E-state index is -0.439. The maximum Gasteiger partial charge on any atom is 0.318 e. The Morgan fingerprint density at radius 2 is 1.96 bits per heavy atom. The number of carbonyl (C=O) groups is 2. The number of hydrogen-bond donors (Lipinski definition) is 1. The van der Waals surface area contributed by atoms with Crippen molar-refractivity contribution in [2.75, 3.05) is 18.5 Å². The van der Waals surface area contributed by atoms with Crippen molar-refractivity contribution in [3.05, 3.63) is 60.4 Å². The number of amides is 3. The fourth-order valence-electron chi connectivity index (χ4n) is 3.02. The van der Waals surface area contributed by atoms with Gasteiger partial charge in [-0.15, -0.1) is 0 Å². The molecule has 0 saturated carbocycles. The summed E-state index contributed by atoms with van der Waals surface area (Å²) < 4.78 is 0. The molecule has 1 aromatic carbocycles. The van der Waals surface area contributed by atoms with E-state index in [0.717, 1.165) is 17.7 Å². The van der Waals surface area contributed by atoms with Crippen molar-refractivity contribution in [2.45, 2.75) is 25.4 Å². The van der Waals surface area contributed by atoms with Crippen molar-refractivity contribution in [2.24, 2.45) is 0 Å². The highest BCUT2D eigenvalue weighted by molar-refractivity contribution is 5.99. The second-order valence-corrected chi connectivity index (χ2v) is 6.11. The molecule has 0 unspecified atom stereocenters. The van der Waals surface area contributed by atoms with Gasteiger partial charge in [-0.05, 0) is 42.7 Å². The van der Waals surface area contributed by atoms with Crippen molar-refractivity contribution in [3.63, 3.8) is 0 Å². The topological polar surface area (TPSA) is 65.5 Å². The van der Waals surface area contributed by atoms with Crippen molar-refractivity contribution in [1.29, 1.82) is 0 Å². The molecule has 2 aromatic rings. The summed E-state index contributed by atoms with van der Waals surface area (Å²) in [5.74, 6) is -0.0287. The molecule has 3 rings (SSSR count). The van der Waals surface area contributed by atoms with Gasteiger partial charge < -0.3 is 15.1 Å². The molecule has 3 amide bonds. The number of piperidine rings is 1. The summed E-state index contributed by atoms with van der Waals surface area (Å²) in [4.78, 5) is 32.5. The van der Waals surface area contributed by atoms with Gasteiger partial charge in [0.2, 0.25) is 5.91 Å². The molecule has 6 nitrogen and oxygen atoms in total. The van der Waals surface area contributed by atoms with Crippen LogP contribution in [-0.2, 0) is 11.3 Å². The van der Waals surface area contributed by atoms with Gasteiger partial charge >= 0.3 is 6.03 Å². The highest BCUT2D eigenvalue weighted by Crippen LogP contribution is 2.23. The molecule has 25 heavy (non-hydrogen) atoms. The molecule has 0 radical (unpaired) electrons. The number of pyridine rings is 1. The normalized spacial score (nSPS) is 17.2. The Balaban J connectivity index is 1.63. The van der Waals surface area contributed by atoms with Crippen molar-refractivity contribution in [3.8, 4) is 0 Å². The van der Waals surface area contributed by atoms with Gasteiger partial charge in [0.15, 0.2) is 0 Å². The van der Waals surface area contributed by atoms with Crippen LogP contribution in [0.1, 0.15) is 18.4 Å². The maximum atomic E-state index is 12.8. The molecular formula is C19H22N4O2. The minimum Gasteiger partial charge on any atom is -0.334 e. The van der Waals surface area contributed by atoms with Crippen LogP contribution < -0.4 is 10.2 Å². The van der Waals surface area contributed by atoms with Gasteiger partial charge in [-0.1, -0.05) is 18.2 Å². The number of nitrogens with zero attached hydrogens (tertiary/aromatic N) is 3. The quantitative estimate of drug-likeness (QED) is 0.931. The maximum absolute atomic E-state index is 12.8. The monoisotopic (exact) mass is 338 g/mol. The summed E-state index contributed by atoms with van der Waals surface area (Å²) >= 11 is 0. The molecule has 130 valence electrons. The van der Waals surface area contributed by atoms with E-state index in [1.54, 1.807) is 24.3 Å². The SMILES string of the molecule is CN(C(=O)NCc1ccncc1)[C@H]1CCCN(c2ccccc2)C1=O. The summed E-state index contributed by atoms with van der Waals surface area (Å²) in [5.41, 5.74) is 1.85. The molecule has 1 saturated heterocycles. The molecule has 0 aliphatic carbocycles. The van der Waals surface area contributed by atoms with Crippen LogP contribution in [-0.4, -0.2) is 41.5 Å². The van der Waals surface area contributed by atoms with Crippen LogP contribution in [0.3, 0.4) is 0 Å². The van der Waals surface area contributed by atoms with Gasteiger partial charge in [-0.25, -0.2) is 4.79 Å². The van der Waals surface area contributed by atoms with Crippen LogP contribution in [0.25, 0.3) is 0 Å². The molecule has 1 N–H and O–H groups in total. The van der Waals surface area contributed by atoms with E-state index >= 15 is 0 Å². The first-order valence-corrected chi connectivity index (χ1v) is 8.43. The zero-order valence-electron chi connectivity index (χ0n) is 14.3. The van der Waals surface area contributed by atoms with E-state index in [2.05, 4.69) is 10.3 Å². The Morgan fingerprint density at radius 1 is 1.24 bits per heavy atom. The van der Waals surface area contributed by atoms with Gasteiger partial charge in [0.25, 0.3) is 0 Å². The molecule has 2 heterocycles. The minimum absolute atomic E-state index is 0.0287. The van der Waals surface area contributed by atoms with Crippen LogP contribution in [0.5, 0.6) is 0 Å². The standard InChI is InChI=1S/C19H22N4O2/c1-22(19(25)21-14-15-9-11-20-12-10-15)17-8-5-13-23(18(17)24)16-6-3-2-4-7-16/h2-4,6-7,9-12,17H,5,8,13-14H2,1H3,(H,21,25)/t17-/m0/s1. The molecule has 1 aliphatic rings. The number of aromatic nitrogens is 1. The number of rotatable bonds is 4. The lowest BCUT2D eigenvalue weighted by atomic mass is 10.0. The van der Waals surface area contributed by atoms with Crippen LogP contribution in [0.4, 0.5) is 10.5 Å². The van der Waals surface area contributed by atoms with Crippen molar-refractivity contribution in [1.82, 2.24) is 15.2 Å². The first kappa shape index (κ1) is 17.0. The van der Waals surface area contributed by atoms with Gasteiger partial charge in [-0.2, -0.15) is 0 Å². The van der Waals surface area contributed by atoms with Gasteiger partial charge in [0, 0.05) is 38.2 Å². The second-order valence-electron chi connectivity index (χ2n) is 6.11. The van der Waals surface area contributed by atoms with E-state index in [0.29, 0.717) is 19.5 Å². The Bertz CT molecular complexity index is 721. The number of hydrogen-bond acceptors (Lipinski definition) is 3. The molecule has 6 heteroatoms. The van der Waals surface area contributed by atoms with Gasteiger partial charge in [-0.3, -0.25) is 9.78 Å². The molecule has 1 aromatic heterocycles. The highest BCUT2D eigenvalue weighted by atomic mass is 16.2. The fourth-order valence-corrected chi connectivity index (χ4v) is 3.02. The fraction of sp³-hybridized carbons (Fsp3) is 0.316. The van der Waals surface area contributed by atoms with Gasteiger partial charge in [0.1, 0.15) is 6.04 Å². The number of nitrogens with one attached hydrogen (secondary N) is 1. The summed E-state index contributed by atoms with van der Waals surface area (Å²) in [5, 5.41) is 2.86. The first-order chi connectivity index (χ1) is 12.2. The summed E-state index contributed by atoms with van der Waals surface area (Å²) in [6, 6.07) is 12.6. The third kappa shape index (κ3) is 3.96. The van der Waals surface area contributed by atoms with E-state index in [1.807, 2.05) is 42.5 Å². The lowest BCUT2D eigenvalue weighted by molar-refractivity contribution is -0.123. The lowest BCUT2D eigenvalue weighted by Crippen LogP contribution is -2.55. The number of anilines is 1. The van der Waals surface area contributed by atoms with Gasteiger partial charge in [0.05, 0.1) is 0 Å². The van der Waals surface area contributed by atoms with E-state index < -0.39 is 6.04 Å². The number of urea groups is 1. The molecule has 1 aliphatic heterocycles. The number of likely N-dealkylation sites (N-methyl/N-ethyl adjacent to an activating group) is 1. The highest BCUT2D eigenvalue weighted by Gasteiger charge is 2.34. The van der Waals surface area contributed by atoms with Crippen LogP contribution >= 0.6 is 0 Å². The Morgan fingerprint density at radius 3 is 2.68 bits per heavy atom. The smallest absolute Gasteiger partial charge is 0.318 e. The first-order valence-electron chi connectivity index (χ1n) is 8.43. The summed E-state index contributed by atoms with van der Waals surface area (Å²) in [6.45, 7) is 1.10. The Hall–Kier alpha value is -2.89. The van der Waals surface area contributed by atoms with Crippen LogP contribution in [0.15, 0.2) is 54.9 Å². The summed E-state index contributed by atoms with van der Waals surface area (Å²) in [6.07, 6.45) is 4.93. The van der Waals surface area contributed by atoms with E-state index in [-0.39, 0.29) is 11.9 Å². The van der Waals surface area contributed by atoms with E-state index in [9.17, 15) is 9.59 Å². The third-order valence-electron chi connectivity index (χ3n) is 4.46. The number of para-hydroxylation sites is 1. The zero-order valence-corrected chi connectivity index (χ0v) is 14.3. The lowest BCUT2D eigenvalue weighted by Gasteiger charge is -2.36. The molecule has 1 atom stereocenters. The predicted molar refractivity (Wildman–Crippen MR) is 96.1 cm³/mol. The average molecular weight is 338 g/mol. The zero-order chi connectivity index (χ0) is 17.6. The Labute approximate surface area is 147 Å². The Kier molecular flexibility index (Phi) is 5.28. The second kappa shape index (κ2) is 7.79. The van der Waals surface area contributed by atoms with Crippen molar-refractivity contribution < 1.29 is 9.59 Å². The number of benzene rings is 1. The van der Waals surface area contributed by atoms with E-state index in [4.69, 9.17) is 0 Å². The largest absolute Gasteiger partial charge is 0.334 e. The van der Waals surface area contributed by atoms with Crippen molar-refractivity contribution >= 4 is 17.6 Å². The predicted octanol–water partition coefficient (Wildman–Crippen LogP) is 2.42. The molecular weight excluding hydrogens is 316 g/mol.